The SMILES string of the molecule is CN(C[C]=O)C(=O)CN1CCNCC1. The third-order valence-corrected chi connectivity index (χ3v) is 2.30. The molecule has 14 heavy (non-hydrogen) atoms. The molecule has 0 saturated carbocycles. The molecule has 0 aliphatic carbocycles. The molecule has 0 atom stereocenters. The maximum Gasteiger partial charge on any atom is 0.236 e. The number of hydrogen-bond acceptors (Lipinski definition) is 4. The summed E-state index contributed by atoms with van der Waals surface area (Å²) in [5, 5.41) is 3.21. The first-order chi connectivity index (χ1) is 6.74. The van der Waals surface area contributed by atoms with E-state index in [2.05, 4.69) is 10.2 Å². The molecule has 1 amide bonds. The Labute approximate surface area is 84.0 Å². The van der Waals surface area contributed by atoms with Gasteiger partial charge >= 0.3 is 0 Å². The summed E-state index contributed by atoms with van der Waals surface area (Å²) in [6.07, 6.45) is 1.71. The summed E-state index contributed by atoms with van der Waals surface area (Å²) in [5.41, 5.74) is 0. The van der Waals surface area contributed by atoms with Gasteiger partial charge in [0.05, 0.1) is 13.1 Å². The summed E-state index contributed by atoms with van der Waals surface area (Å²) in [5.74, 6) is -0.0183. The van der Waals surface area contributed by atoms with Gasteiger partial charge in [0.2, 0.25) is 12.2 Å². The fourth-order valence-corrected chi connectivity index (χ4v) is 1.37. The second-order valence-electron chi connectivity index (χ2n) is 3.42. The van der Waals surface area contributed by atoms with Crippen molar-refractivity contribution in [3.8, 4) is 0 Å². The van der Waals surface area contributed by atoms with Crippen LogP contribution in [0.3, 0.4) is 0 Å². The normalized spacial score (nSPS) is 17.8. The molecule has 0 spiro atoms. The van der Waals surface area contributed by atoms with E-state index in [0.29, 0.717) is 6.54 Å². The van der Waals surface area contributed by atoms with Crippen molar-refractivity contribution in [2.45, 2.75) is 0 Å². The lowest BCUT2D eigenvalue weighted by Crippen LogP contribution is -2.48. The van der Waals surface area contributed by atoms with Gasteiger partial charge in [0.25, 0.3) is 0 Å². The van der Waals surface area contributed by atoms with Crippen molar-refractivity contribution in [3.63, 3.8) is 0 Å². The van der Waals surface area contributed by atoms with E-state index in [-0.39, 0.29) is 12.5 Å². The van der Waals surface area contributed by atoms with Crippen LogP contribution in [0.5, 0.6) is 0 Å². The highest BCUT2D eigenvalue weighted by Gasteiger charge is 2.15. The quantitative estimate of drug-likeness (QED) is 0.595. The van der Waals surface area contributed by atoms with Crippen molar-refractivity contribution in [2.24, 2.45) is 0 Å². The zero-order valence-electron chi connectivity index (χ0n) is 8.45. The van der Waals surface area contributed by atoms with Crippen LogP contribution in [0.15, 0.2) is 0 Å². The molecule has 0 aromatic carbocycles. The third kappa shape index (κ3) is 3.43. The summed E-state index contributed by atoms with van der Waals surface area (Å²) in [6.45, 7) is 4.10. The molecule has 1 aliphatic heterocycles. The summed E-state index contributed by atoms with van der Waals surface area (Å²) >= 11 is 0. The molecule has 5 heteroatoms. The van der Waals surface area contributed by atoms with Crippen LogP contribution < -0.4 is 5.32 Å². The average Bonchev–Trinajstić information content (AvgIpc) is 2.19. The van der Waals surface area contributed by atoms with Crippen LogP contribution in [0, 0.1) is 0 Å². The Bertz CT molecular complexity index is 202. The van der Waals surface area contributed by atoms with Crippen LogP contribution >= 0.6 is 0 Å². The Morgan fingerprint density at radius 2 is 2.14 bits per heavy atom. The van der Waals surface area contributed by atoms with Gasteiger partial charge in [0.15, 0.2) is 0 Å². The monoisotopic (exact) mass is 198 g/mol. The molecule has 1 fully saturated rings. The Kier molecular flexibility index (Phi) is 4.55. The van der Waals surface area contributed by atoms with Crippen molar-refractivity contribution in [1.82, 2.24) is 15.1 Å². The first kappa shape index (κ1) is 11.1. The summed E-state index contributed by atoms with van der Waals surface area (Å²) in [7, 11) is 1.62. The first-order valence-electron chi connectivity index (χ1n) is 4.76. The fourth-order valence-electron chi connectivity index (χ4n) is 1.37. The van der Waals surface area contributed by atoms with Gasteiger partial charge in [0.1, 0.15) is 0 Å². The van der Waals surface area contributed by atoms with E-state index < -0.39 is 0 Å². The lowest BCUT2D eigenvalue weighted by atomic mass is 10.3. The highest BCUT2D eigenvalue weighted by molar-refractivity contribution is 5.80. The molecule has 1 saturated heterocycles. The zero-order valence-corrected chi connectivity index (χ0v) is 8.45. The Balaban J connectivity index is 2.27. The second kappa shape index (κ2) is 5.72. The second-order valence-corrected chi connectivity index (χ2v) is 3.42. The van der Waals surface area contributed by atoms with E-state index in [1.54, 1.807) is 13.3 Å². The molecule has 1 heterocycles. The molecule has 0 bridgehead atoms. The standard InChI is InChI=1S/C9H16N3O2/c1-11(6-7-13)9(14)8-12-4-2-10-3-5-12/h10H,2-6,8H2,1H3. The predicted molar refractivity (Wildman–Crippen MR) is 52.6 cm³/mol. The minimum absolute atomic E-state index is 0.0183. The molecule has 0 unspecified atom stereocenters. The molecule has 1 rings (SSSR count). The molecule has 79 valence electrons. The van der Waals surface area contributed by atoms with Crippen LogP contribution in [0.4, 0.5) is 0 Å². The van der Waals surface area contributed by atoms with Gasteiger partial charge in [-0.1, -0.05) is 0 Å². The van der Waals surface area contributed by atoms with Crippen molar-refractivity contribution < 1.29 is 9.59 Å². The maximum absolute atomic E-state index is 11.5. The average molecular weight is 198 g/mol. The number of amides is 1. The number of likely N-dealkylation sites (N-methyl/N-ethyl adjacent to an activating group) is 1. The molecule has 0 aromatic heterocycles. The van der Waals surface area contributed by atoms with Crippen molar-refractivity contribution in [3.05, 3.63) is 0 Å². The summed E-state index contributed by atoms with van der Waals surface area (Å²) in [4.78, 5) is 25.0. The Morgan fingerprint density at radius 1 is 1.50 bits per heavy atom. The van der Waals surface area contributed by atoms with Crippen LogP contribution in [0.1, 0.15) is 0 Å². The third-order valence-electron chi connectivity index (χ3n) is 2.30. The molecule has 1 radical (unpaired) electrons. The fraction of sp³-hybridized carbons (Fsp3) is 0.778. The van der Waals surface area contributed by atoms with Gasteiger partial charge < -0.3 is 10.2 Å². The number of nitrogens with zero attached hydrogens (tertiary/aromatic N) is 2. The van der Waals surface area contributed by atoms with Crippen LogP contribution in [-0.2, 0) is 9.59 Å². The molecule has 0 aromatic rings. The lowest BCUT2D eigenvalue weighted by molar-refractivity contribution is -0.130. The minimum atomic E-state index is -0.0183. The van der Waals surface area contributed by atoms with E-state index >= 15 is 0 Å². The van der Waals surface area contributed by atoms with Crippen molar-refractivity contribution in [2.75, 3.05) is 46.3 Å². The summed E-state index contributed by atoms with van der Waals surface area (Å²) in [6, 6.07) is 0. The predicted octanol–water partition coefficient (Wildman–Crippen LogP) is -1.54. The highest BCUT2D eigenvalue weighted by Crippen LogP contribution is 1.93. The molecule has 1 N–H and O–H groups in total. The van der Waals surface area contributed by atoms with E-state index in [0.717, 1.165) is 26.2 Å². The molecular weight excluding hydrogens is 182 g/mol. The number of hydrogen-bond donors (Lipinski definition) is 1. The van der Waals surface area contributed by atoms with E-state index in [1.165, 1.54) is 4.90 Å². The van der Waals surface area contributed by atoms with Gasteiger partial charge in [-0.15, -0.1) is 0 Å². The van der Waals surface area contributed by atoms with E-state index in [9.17, 15) is 9.59 Å². The minimum Gasteiger partial charge on any atom is -0.337 e. The van der Waals surface area contributed by atoms with Crippen molar-refractivity contribution >= 4 is 12.2 Å². The molecular formula is C9H16N3O2. The van der Waals surface area contributed by atoms with Crippen LogP contribution in [0.2, 0.25) is 0 Å². The van der Waals surface area contributed by atoms with E-state index in [1.807, 2.05) is 0 Å². The van der Waals surface area contributed by atoms with Gasteiger partial charge in [0, 0.05) is 33.2 Å². The topological polar surface area (TPSA) is 52.7 Å². The van der Waals surface area contributed by atoms with E-state index in [4.69, 9.17) is 0 Å². The van der Waals surface area contributed by atoms with Gasteiger partial charge in [-0.05, 0) is 0 Å². The van der Waals surface area contributed by atoms with Crippen LogP contribution in [-0.4, -0.2) is 68.3 Å². The number of carbonyl (C=O) groups excluding carboxylic acids is 2. The number of piperazine rings is 1. The smallest absolute Gasteiger partial charge is 0.236 e. The maximum atomic E-state index is 11.5. The zero-order chi connectivity index (χ0) is 10.4. The Morgan fingerprint density at radius 3 is 2.71 bits per heavy atom. The largest absolute Gasteiger partial charge is 0.337 e. The number of nitrogens with one attached hydrogen (secondary N) is 1. The Hall–Kier alpha value is -0.940. The first-order valence-corrected chi connectivity index (χ1v) is 4.76. The van der Waals surface area contributed by atoms with Gasteiger partial charge in [-0.25, -0.2) is 0 Å². The van der Waals surface area contributed by atoms with Gasteiger partial charge in [-0.2, -0.15) is 0 Å². The van der Waals surface area contributed by atoms with Crippen LogP contribution in [0.25, 0.3) is 0 Å². The summed E-state index contributed by atoms with van der Waals surface area (Å²) < 4.78 is 0. The van der Waals surface area contributed by atoms with Crippen molar-refractivity contribution in [1.29, 1.82) is 0 Å². The van der Waals surface area contributed by atoms with Gasteiger partial charge in [-0.3, -0.25) is 14.5 Å². The highest BCUT2D eigenvalue weighted by atomic mass is 16.2. The number of carbonyl (C=O) groups is 1. The number of rotatable bonds is 4. The molecule has 1 aliphatic rings. The molecule has 5 nitrogen and oxygen atoms in total. The lowest BCUT2D eigenvalue weighted by Gasteiger charge is -2.27.